The Bertz CT molecular complexity index is 713. The fourth-order valence-corrected chi connectivity index (χ4v) is 1.93. The summed E-state index contributed by atoms with van der Waals surface area (Å²) in [6.07, 6.45) is 1.69. The lowest BCUT2D eigenvalue weighted by molar-refractivity contribution is 0.442. The van der Waals surface area contributed by atoms with E-state index in [0.717, 1.165) is 5.56 Å². The highest BCUT2D eigenvalue weighted by Gasteiger charge is 2.10. The molecule has 3 rings (SSSR count). The van der Waals surface area contributed by atoms with Gasteiger partial charge in [0.15, 0.2) is 17.3 Å². The molecule has 0 unspecified atom stereocenters. The Balaban J connectivity index is 2.01. The van der Waals surface area contributed by atoms with Gasteiger partial charge in [0.25, 0.3) is 0 Å². The van der Waals surface area contributed by atoms with Gasteiger partial charge in [-0.15, -0.1) is 0 Å². The summed E-state index contributed by atoms with van der Waals surface area (Å²) in [5.41, 5.74) is 1.62. The van der Waals surface area contributed by atoms with Crippen LogP contribution < -0.4 is 4.74 Å². The molecule has 2 nitrogen and oxygen atoms in total. The molecule has 2 aromatic carbocycles. The molecule has 3 heteroatoms. The molecule has 0 aliphatic rings. The molecule has 0 spiro atoms. The molecule has 20 heavy (non-hydrogen) atoms. The average Bonchev–Trinajstić information content (AvgIpc) is 2.51. The summed E-state index contributed by atoms with van der Waals surface area (Å²) < 4.78 is 19.3. The van der Waals surface area contributed by atoms with Crippen molar-refractivity contribution in [2.75, 3.05) is 0 Å². The fraction of sp³-hybridized carbons (Fsp3) is 0. The molecule has 0 saturated heterocycles. The molecule has 0 amide bonds. The second-order valence-corrected chi connectivity index (χ2v) is 4.25. The third-order valence-electron chi connectivity index (χ3n) is 2.87. The summed E-state index contributed by atoms with van der Waals surface area (Å²) in [6.45, 7) is 0. The predicted molar refractivity (Wildman–Crippen MR) is 76.1 cm³/mol. The molecule has 0 saturated carbocycles. The molecule has 1 heterocycles. The Labute approximate surface area is 116 Å². The number of pyridine rings is 1. The van der Waals surface area contributed by atoms with Crippen LogP contribution in [-0.2, 0) is 0 Å². The third kappa shape index (κ3) is 2.52. The van der Waals surface area contributed by atoms with Gasteiger partial charge >= 0.3 is 0 Å². The summed E-state index contributed by atoms with van der Waals surface area (Å²) in [5.74, 6) is 0.330. The van der Waals surface area contributed by atoms with E-state index in [2.05, 4.69) is 4.98 Å². The summed E-state index contributed by atoms with van der Waals surface area (Å²) >= 11 is 0. The van der Waals surface area contributed by atoms with E-state index < -0.39 is 5.82 Å². The van der Waals surface area contributed by atoms with Crippen LogP contribution in [0, 0.1) is 5.82 Å². The topological polar surface area (TPSA) is 22.1 Å². The van der Waals surface area contributed by atoms with Gasteiger partial charge in [0, 0.05) is 11.8 Å². The molecule has 0 radical (unpaired) electrons. The minimum Gasteiger partial charge on any atom is -0.452 e. The number of hydrogen-bond donors (Lipinski definition) is 0. The first kappa shape index (κ1) is 12.4. The fourth-order valence-electron chi connectivity index (χ4n) is 1.93. The van der Waals surface area contributed by atoms with Crippen molar-refractivity contribution in [2.45, 2.75) is 0 Å². The molecule has 98 valence electrons. The summed E-state index contributed by atoms with van der Waals surface area (Å²) in [7, 11) is 0. The zero-order chi connectivity index (χ0) is 13.8. The van der Waals surface area contributed by atoms with Crippen molar-refractivity contribution in [3.63, 3.8) is 0 Å². The maximum atomic E-state index is 13.7. The minimum absolute atomic E-state index is 0.192. The van der Waals surface area contributed by atoms with E-state index in [0.29, 0.717) is 11.4 Å². The molecular weight excluding hydrogens is 253 g/mol. The number of nitrogens with zero attached hydrogens (tertiary/aromatic N) is 1. The van der Waals surface area contributed by atoms with Gasteiger partial charge in [-0.05, 0) is 24.3 Å². The van der Waals surface area contributed by atoms with Crippen molar-refractivity contribution < 1.29 is 9.13 Å². The number of benzene rings is 2. The molecule has 0 N–H and O–H groups in total. The first-order chi connectivity index (χ1) is 9.84. The van der Waals surface area contributed by atoms with Gasteiger partial charge in [-0.2, -0.15) is 0 Å². The van der Waals surface area contributed by atoms with Crippen molar-refractivity contribution in [2.24, 2.45) is 0 Å². The summed E-state index contributed by atoms with van der Waals surface area (Å²) in [5, 5.41) is 0. The highest BCUT2D eigenvalue weighted by atomic mass is 19.1. The Morgan fingerprint density at radius 3 is 2.25 bits per heavy atom. The van der Waals surface area contributed by atoms with E-state index in [1.165, 1.54) is 6.07 Å². The molecule has 0 aliphatic heterocycles. The maximum Gasteiger partial charge on any atom is 0.165 e. The van der Waals surface area contributed by atoms with E-state index in [1.54, 1.807) is 36.5 Å². The smallest absolute Gasteiger partial charge is 0.165 e. The van der Waals surface area contributed by atoms with Crippen LogP contribution in [0.2, 0.25) is 0 Å². The first-order valence-corrected chi connectivity index (χ1v) is 6.27. The number of halogens is 1. The summed E-state index contributed by atoms with van der Waals surface area (Å²) in [4.78, 5) is 4.33. The quantitative estimate of drug-likeness (QED) is 0.686. The Kier molecular flexibility index (Phi) is 3.42. The van der Waals surface area contributed by atoms with Gasteiger partial charge in [-0.3, -0.25) is 4.98 Å². The van der Waals surface area contributed by atoms with Crippen LogP contribution in [-0.4, -0.2) is 4.98 Å². The van der Waals surface area contributed by atoms with Gasteiger partial charge in [-0.1, -0.05) is 42.5 Å². The van der Waals surface area contributed by atoms with Crippen molar-refractivity contribution in [3.05, 3.63) is 78.7 Å². The van der Waals surface area contributed by atoms with Crippen molar-refractivity contribution >= 4 is 0 Å². The van der Waals surface area contributed by atoms with Gasteiger partial charge in [0.1, 0.15) is 5.69 Å². The van der Waals surface area contributed by atoms with E-state index in [-0.39, 0.29) is 5.75 Å². The highest BCUT2D eigenvalue weighted by Crippen LogP contribution is 2.32. The van der Waals surface area contributed by atoms with Gasteiger partial charge in [0.05, 0.1) is 0 Å². The Morgan fingerprint density at radius 1 is 0.750 bits per heavy atom. The molecule has 1 aromatic heterocycles. The van der Waals surface area contributed by atoms with Gasteiger partial charge in [0.2, 0.25) is 0 Å². The van der Waals surface area contributed by atoms with Crippen LogP contribution in [0.5, 0.6) is 11.5 Å². The number of ether oxygens (including phenoxy) is 1. The lowest BCUT2D eigenvalue weighted by atomic mass is 10.1. The zero-order valence-corrected chi connectivity index (χ0v) is 10.7. The first-order valence-electron chi connectivity index (χ1n) is 6.27. The van der Waals surface area contributed by atoms with E-state index in [1.807, 2.05) is 30.3 Å². The predicted octanol–water partition coefficient (Wildman–Crippen LogP) is 4.68. The average molecular weight is 265 g/mol. The monoisotopic (exact) mass is 265 g/mol. The minimum atomic E-state index is -0.393. The number of aromatic nitrogens is 1. The van der Waals surface area contributed by atoms with E-state index in [4.69, 9.17) is 4.74 Å². The zero-order valence-electron chi connectivity index (χ0n) is 10.7. The van der Waals surface area contributed by atoms with E-state index in [9.17, 15) is 4.39 Å². The van der Waals surface area contributed by atoms with Crippen LogP contribution in [0.3, 0.4) is 0 Å². The highest BCUT2D eigenvalue weighted by molar-refractivity contribution is 5.66. The normalized spacial score (nSPS) is 10.2. The SMILES string of the molecule is Fc1ccccc1Oc1cccnc1-c1ccccc1. The Morgan fingerprint density at radius 2 is 1.45 bits per heavy atom. The van der Waals surface area contributed by atoms with Crippen molar-refractivity contribution in [1.82, 2.24) is 4.98 Å². The second-order valence-electron chi connectivity index (χ2n) is 4.25. The number of hydrogen-bond acceptors (Lipinski definition) is 2. The van der Waals surface area contributed by atoms with Crippen LogP contribution in [0.1, 0.15) is 0 Å². The second kappa shape index (κ2) is 5.53. The molecule has 0 atom stereocenters. The summed E-state index contributed by atoms with van der Waals surface area (Å²) in [6, 6.07) is 19.5. The van der Waals surface area contributed by atoms with Crippen molar-refractivity contribution in [3.8, 4) is 22.8 Å². The molecule has 0 bridgehead atoms. The third-order valence-corrected chi connectivity index (χ3v) is 2.87. The van der Waals surface area contributed by atoms with E-state index >= 15 is 0 Å². The molecular formula is C17H12FNO. The number of rotatable bonds is 3. The van der Waals surface area contributed by atoms with Crippen LogP contribution in [0.4, 0.5) is 4.39 Å². The number of para-hydroxylation sites is 1. The lowest BCUT2D eigenvalue weighted by Gasteiger charge is -2.10. The standard InChI is InChI=1S/C17H12FNO/c18-14-9-4-5-10-15(14)20-16-11-6-12-19-17(16)13-7-2-1-3-8-13/h1-12H. The van der Waals surface area contributed by atoms with Gasteiger partial charge in [-0.25, -0.2) is 4.39 Å². The van der Waals surface area contributed by atoms with Crippen LogP contribution >= 0.6 is 0 Å². The molecule has 0 fully saturated rings. The molecule has 0 aliphatic carbocycles. The Hall–Kier alpha value is -2.68. The largest absolute Gasteiger partial charge is 0.452 e. The van der Waals surface area contributed by atoms with Gasteiger partial charge < -0.3 is 4.74 Å². The van der Waals surface area contributed by atoms with Crippen LogP contribution in [0.25, 0.3) is 11.3 Å². The van der Waals surface area contributed by atoms with Crippen molar-refractivity contribution in [1.29, 1.82) is 0 Å². The molecule has 3 aromatic rings. The maximum absolute atomic E-state index is 13.7. The lowest BCUT2D eigenvalue weighted by Crippen LogP contribution is -1.92. The van der Waals surface area contributed by atoms with Crippen LogP contribution in [0.15, 0.2) is 72.9 Å².